The van der Waals surface area contributed by atoms with E-state index in [4.69, 9.17) is 10.7 Å². The van der Waals surface area contributed by atoms with E-state index in [0.29, 0.717) is 5.82 Å². The number of anilines is 1. The maximum Gasteiger partial charge on any atom is 0.142 e. The zero-order valence-electron chi connectivity index (χ0n) is 12.6. The number of benzene rings is 2. The molecular formula is C18H19N3. The molecule has 0 bridgehead atoms. The summed E-state index contributed by atoms with van der Waals surface area (Å²) in [4.78, 5) is 4.81. The van der Waals surface area contributed by atoms with Crippen LogP contribution < -0.4 is 5.73 Å². The first-order valence-electron chi connectivity index (χ1n) is 7.04. The first-order chi connectivity index (χ1) is 10.1. The molecule has 0 aliphatic carbocycles. The molecule has 106 valence electrons. The van der Waals surface area contributed by atoms with Crippen molar-refractivity contribution in [3.63, 3.8) is 0 Å². The molecule has 3 heteroatoms. The maximum absolute atomic E-state index is 6.31. The van der Waals surface area contributed by atoms with Gasteiger partial charge in [0, 0.05) is 18.2 Å². The number of nitrogens with two attached hydrogens (primary N) is 1. The van der Waals surface area contributed by atoms with Gasteiger partial charge >= 0.3 is 0 Å². The average Bonchev–Trinajstić information content (AvgIpc) is 2.77. The molecule has 2 N–H and O–H groups in total. The van der Waals surface area contributed by atoms with Crippen molar-refractivity contribution < 1.29 is 0 Å². The lowest BCUT2D eigenvalue weighted by Crippen LogP contribution is -1.99. The van der Waals surface area contributed by atoms with Crippen LogP contribution in [-0.2, 0) is 7.05 Å². The average molecular weight is 277 g/mol. The summed E-state index contributed by atoms with van der Waals surface area (Å²) in [6.45, 7) is 4.19. The van der Waals surface area contributed by atoms with Crippen LogP contribution in [0.4, 0.5) is 5.82 Å². The Morgan fingerprint density at radius 1 is 0.905 bits per heavy atom. The molecule has 1 aromatic heterocycles. The van der Waals surface area contributed by atoms with Crippen molar-refractivity contribution in [1.82, 2.24) is 9.55 Å². The highest BCUT2D eigenvalue weighted by Gasteiger charge is 2.17. The maximum atomic E-state index is 6.31. The molecule has 3 rings (SSSR count). The van der Waals surface area contributed by atoms with E-state index in [-0.39, 0.29) is 0 Å². The minimum atomic E-state index is 0.700. The summed E-state index contributed by atoms with van der Waals surface area (Å²) in [6.07, 6.45) is 0. The zero-order valence-corrected chi connectivity index (χ0v) is 12.6. The first kappa shape index (κ1) is 13.4. The Labute approximate surface area is 125 Å². The van der Waals surface area contributed by atoms with Gasteiger partial charge in [0.05, 0.1) is 0 Å². The van der Waals surface area contributed by atoms with Crippen LogP contribution in [0.5, 0.6) is 0 Å². The molecule has 0 aliphatic heterocycles. The Balaban J connectivity index is 2.23. The predicted molar refractivity (Wildman–Crippen MR) is 88.0 cm³/mol. The van der Waals surface area contributed by atoms with Gasteiger partial charge in [-0.1, -0.05) is 48.5 Å². The topological polar surface area (TPSA) is 43.8 Å². The second-order valence-electron chi connectivity index (χ2n) is 5.36. The number of hydrogen-bond donors (Lipinski definition) is 1. The largest absolute Gasteiger partial charge is 0.383 e. The molecule has 0 saturated heterocycles. The molecule has 1 heterocycles. The van der Waals surface area contributed by atoms with Crippen molar-refractivity contribution in [2.24, 2.45) is 7.05 Å². The van der Waals surface area contributed by atoms with Gasteiger partial charge in [-0.2, -0.15) is 0 Å². The normalized spacial score (nSPS) is 10.8. The first-order valence-corrected chi connectivity index (χ1v) is 7.04. The summed E-state index contributed by atoms with van der Waals surface area (Å²) in [7, 11) is 1.96. The van der Waals surface area contributed by atoms with Crippen molar-refractivity contribution in [3.05, 3.63) is 59.7 Å². The van der Waals surface area contributed by atoms with Gasteiger partial charge in [-0.15, -0.1) is 0 Å². The van der Waals surface area contributed by atoms with Crippen LogP contribution in [0.2, 0.25) is 0 Å². The van der Waals surface area contributed by atoms with Gasteiger partial charge in [0.1, 0.15) is 17.3 Å². The smallest absolute Gasteiger partial charge is 0.142 e. The van der Waals surface area contributed by atoms with Crippen molar-refractivity contribution in [1.29, 1.82) is 0 Å². The van der Waals surface area contributed by atoms with E-state index in [9.17, 15) is 0 Å². The highest BCUT2D eigenvalue weighted by molar-refractivity contribution is 5.79. The lowest BCUT2D eigenvalue weighted by Gasteiger charge is -2.08. The molecule has 3 nitrogen and oxygen atoms in total. The molecule has 0 aliphatic rings. The summed E-state index contributed by atoms with van der Waals surface area (Å²) in [5.41, 5.74) is 11.8. The lowest BCUT2D eigenvalue weighted by molar-refractivity contribution is 0.937. The SMILES string of the molecule is Cc1cccc(C)c1-c1nc(-c2ccccc2)n(C)c1N. The van der Waals surface area contributed by atoms with Gasteiger partial charge in [0.25, 0.3) is 0 Å². The minimum absolute atomic E-state index is 0.700. The van der Waals surface area contributed by atoms with Crippen molar-refractivity contribution in [2.75, 3.05) is 5.73 Å². The van der Waals surface area contributed by atoms with Crippen LogP contribution in [-0.4, -0.2) is 9.55 Å². The van der Waals surface area contributed by atoms with E-state index in [2.05, 4.69) is 44.2 Å². The second-order valence-corrected chi connectivity index (χ2v) is 5.36. The van der Waals surface area contributed by atoms with E-state index < -0.39 is 0 Å². The van der Waals surface area contributed by atoms with Crippen LogP contribution in [0, 0.1) is 13.8 Å². The summed E-state index contributed by atoms with van der Waals surface area (Å²) < 4.78 is 1.95. The van der Waals surface area contributed by atoms with Gasteiger partial charge in [0.2, 0.25) is 0 Å². The van der Waals surface area contributed by atoms with Gasteiger partial charge in [-0.25, -0.2) is 4.98 Å². The molecule has 3 aromatic rings. The van der Waals surface area contributed by atoms with E-state index in [1.54, 1.807) is 0 Å². The van der Waals surface area contributed by atoms with E-state index in [1.165, 1.54) is 11.1 Å². The number of nitrogens with zero attached hydrogens (tertiary/aromatic N) is 2. The third-order valence-electron chi connectivity index (χ3n) is 3.89. The molecule has 2 aromatic carbocycles. The molecule has 0 fully saturated rings. The third kappa shape index (κ3) is 2.21. The molecule has 0 spiro atoms. The molecule has 0 unspecified atom stereocenters. The van der Waals surface area contributed by atoms with Gasteiger partial charge in [0.15, 0.2) is 0 Å². The number of imidazole rings is 1. The highest BCUT2D eigenvalue weighted by atomic mass is 15.1. The number of aryl methyl sites for hydroxylation is 2. The van der Waals surface area contributed by atoms with E-state index in [0.717, 1.165) is 22.6 Å². The van der Waals surface area contributed by atoms with E-state index in [1.807, 2.05) is 29.8 Å². The van der Waals surface area contributed by atoms with Crippen LogP contribution in [0.3, 0.4) is 0 Å². The van der Waals surface area contributed by atoms with Crippen molar-refractivity contribution in [3.8, 4) is 22.6 Å². The fraction of sp³-hybridized carbons (Fsp3) is 0.167. The molecule has 0 atom stereocenters. The summed E-state index contributed by atoms with van der Waals surface area (Å²) >= 11 is 0. The Morgan fingerprint density at radius 2 is 1.52 bits per heavy atom. The minimum Gasteiger partial charge on any atom is -0.383 e. The van der Waals surface area contributed by atoms with E-state index >= 15 is 0 Å². The summed E-state index contributed by atoms with van der Waals surface area (Å²) in [5.74, 6) is 1.59. The summed E-state index contributed by atoms with van der Waals surface area (Å²) in [5, 5.41) is 0. The van der Waals surface area contributed by atoms with Gasteiger partial charge in [-0.3, -0.25) is 0 Å². The predicted octanol–water partition coefficient (Wildman–Crippen LogP) is 3.95. The number of rotatable bonds is 2. The zero-order chi connectivity index (χ0) is 15.0. The third-order valence-corrected chi connectivity index (χ3v) is 3.89. The Kier molecular flexibility index (Phi) is 3.26. The van der Waals surface area contributed by atoms with Crippen molar-refractivity contribution >= 4 is 5.82 Å². The fourth-order valence-electron chi connectivity index (χ4n) is 2.73. The highest BCUT2D eigenvalue weighted by Crippen LogP contribution is 2.33. The Morgan fingerprint density at radius 3 is 2.14 bits per heavy atom. The Bertz CT molecular complexity index is 765. The van der Waals surface area contributed by atoms with Crippen molar-refractivity contribution in [2.45, 2.75) is 13.8 Å². The molecule has 21 heavy (non-hydrogen) atoms. The Hall–Kier alpha value is -2.55. The van der Waals surface area contributed by atoms with Crippen LogP contribution in [0.25, 0.3) is 22.6 Å². The summed E-state index contributed by atoms with van der Waals surface area (Å²) in [6, 6.07) is 16.4. The second kappa shape index (κ2) is 5.09. The lowest BCUT2D eigenvalue weighted by atomic mass is 10.0. The number of hydrogen-bond acceptors (Lipinski definition) is 2. The molecule has 0 amide bonds. The molecule has 0 radical (unpaired) electrons. The van der Waals surface area contributed by atoms with Crippen LogP contribution >= 0.6 is 0 Å². The number of nitrogen functional groups attached to an aromatic ring is 1. The quantitative estimate of drug-likeness (QED) is 0.770. The molecular weight excluding hydrogens is 258 g/mol. The van der Waals surface area contributed by atoms with Crippen LogP contribution in [0.15, 0.2) is 48.5 Å². The van der Waals surface area contributed by atoms with Crippen LogP contribution in [0.1, 0.15) is 11.1 Å². The van der Waals surface area contributed by atoms with Gasteiger partial charge in [-0.05, 0) is 25.0 Å². The monoisotopic (exact) mass is 277 g/mol. The standard InChI is InChI=1S/C18H19N3/c1-12-8-7-9-13(2)15(12)16-17(19)21(3)18(20-16)14-10-5-4-6-11-14/h4-11H,19H2,1-3H3. The van der Waals surface area contributed by atoms with Gasteiger partial charge < -0.3 is 10.3 Å². The molecule has 0 saturated carbocycles. The fourth-order valence-corrected chi connectivity index (χ4v) is 2.73. The number of aromatic nitrogens is 2.